The highest BCUT2D eigenvalue weighted by Crippen LogP contribution is 2.33. The minimum Gasteiger partial charge on any atom is -0.411 e. The molecule has 1 aliphatic rings. The topological polar surface area (TPSA) is 32.6 Å². The lowest BCUT2D eigenvalue weighted by molar-refractivity contribution is 0.317. The van der Waals surface area contributed by atoms with Crippen molar-refractivity contribution in [2.24, 2.45) is 11.1 Å². The SMILES string of the molecule is C=C(Cl)/C=C\C(=C)/C(=N/O)C1CC1. The van der Waals surface area contributed by atoms with Crippen LogP contribution in [-0.4, -0.2) is 10.9 Å². The zero-order valence-corrected chi connectivity index (χ0v) is 8.09. The van der Waals surface area contributed by atoms with Gasteiger partial charge >= 0.3 is 0 Å². The van der Waals surface area contributed by atoms with Crippen molar-refractivity contribution in [1.29, 1.82) is 0 Å². The molecule has 0 saturated heterocycles. The molecular formula is C10H12ClNO. The Labute approximate surface area is 82.9 Å². The van der Waals surface area contributed by atoms with E-state index in [0.717, 1.165) is 12.8 Å². The highest BCUT2D eigenvalue weighted by molar-refractivity contribution is 6.30. The molecule has 0 atom stereocenters. The van der Waals surface area contributed by atoms with E-state index in [4.69, 9.17) is 16.8 Å². The molecule has 0 aliphatic heterocycles. The molecule has 1 rings (SSSR count). The Morgan fingerprint density at radius 1 is 1.38 bits per heavy atom. The summed E-state index contributed by atoms with van der Waals surface area (Å²) < 4.78 is 0. The number of hydrogen-bond acceptors (Lipinski definition) is 2. The van der Waals surface area contributed by atoms with Crippen molar-refractivity contribution in [2.75, 3.05) is 0 Å². The molecule has 1 saturated carbocycles. The van der Waals surface area contributed by atoms with Gasteiger partial charge in [-0.1, -0.05) is 36.0 Å². The molecule has 2 nitrogen and oxygen atoms in total. The Morgan fingerprint density at radius 2 is 2.00 bits per heavy atom. The summed E-state index contributed by atoms with van der Waals surface area (Å²) in [5, 5.41) is 12.4. The van der Waals surface area contributed by atoms with E-state index in [-0.39, 0.29) is 0 Å². The Hall–Kier alpha value is -1.02. The standard InChI is InChI=1S/C10H12ClNO/c1-7(3-4-8(2)11)10(12-13)9-5-6-9/h3-4,9,13H,1-2,5-6H2/b4-3-,12-10-. The van der Waals surface area contributed by atoms with Gasteiger partial charge in [-0.2, -0.15) is 0 Å². The van der Waals surface area contributed by atoms with Crippen molar-refractivity contribution in [2.45, 2.75) is 12.8 Å². The second-order valence-corrected chi connectivity index (χ2v) is 3.55. The van der Waals surface area contributed by atoms with Crippen molar-refractivity contribution < 1.29 is 5.21 Å². The predicted molar refractivity (Wildman–Crippen MR) is 55.2 cm³/mol. The summed E-state index contributed by atoms with van der Waals surface area (Å²) in [5.41, 5.74) is 1.36. The number of nitrogens with zero attached hydrogens (tertiary/aromatic N) is 1. The number of rotatable bonds is 4. The van der Waals surface area contributed by atoms with Crippen molar-refractivity contribution in [1.82, 2.24) is 0 Å². The number of hydrogen-bond donors (Lipinski definition) is 1. The van der Waals surface area contributed by atoms with Crippen molar-refractivity contribution in [3.05, 3.63) is 35.9 Å². The second kappa shape index (κ2) is 4.28. The van der Waals surface area contributed by atoms with Gasteiger partial charge in [-0.25, -0.2) is 0 Å². The van der Waals surface area contributed by atoms with Crippen LogP contribution >= 0.6 is 11.6 Å². The average Bonchev–Trinajstić information content (AvgIpc) is 2.86. The number of halogens is 1. The van der Waals surface area contributed by atoms with E-state index in [2.05, 4.69) is 18.3 Å². The highest BCUT2D eigenvalue weighted by Gasteiger charge is 2.28. The molecular weight excluding hydrogens is 186 g/mol. The molecule has 0 amide bonds. The maximum Gasteiger partial charge on any atom is 0.0892 e. The summed E-state index contributed by atoms with van der Waals surface area (Å²) in [6.07, 6.45) is 5.50. The molecule has 0 aromatic heterocycles. The van der Waals surface area contributed by atoms with Gasteiger partial charge in [0.25, 0.3) is 0 Å². The van der Waals surface area contributed by atoms with Crippen LogP contribution in [-0.2, 0) is 0 Å². The van der Waals surface area contributed by atoms with Crippen LogP contribution in [0.1, 0.15) is 12.8 Å². The van der Waals surface area contributed by atoms with E-state index in [1.54, 1.807) is 12.2 Å². The molecule has 0 unspecified atom stereocenters. The fourth-order valence-electron chi connectivity index (χ4n) is 1.04. The van der Waals surface area contributed by atoms with E-state index in [0.29, 0.717) is 22.2 Å². The van der Waals surface area contributed by atoms with E-state index in [1.165, 1.54) is 0 Å². The van der Waals surface area contributed by atoms with Gasteiger partial charge in [-0.05, 0) is 24.5 Å². The second-order valence-electron chi connectivity index (χ2n) is 3.06. The van der Waals surface area contributed by atoms with Gasteiger partial charge in [0, 0.05) is 11.0 Å². The van der Waals surface area contributed by atoms with Gasteiger partial charge in [0.15, 0.2) is 0 Å². The van der Waals surface area contributed by atoms with Crippen molar-refractivity contribution in [3.63, 3.8) is 0 Å². The Bertz CT molecular complexity index is 287. The van der Waals surface area contributed by atoms with Crippen LogP contribution in [0.2, 0.25) is 0 Å². The molecule has 13 heavy (non-hydrogen) atoms. The maximum absolute atomic E-state index is 8.71. The quantitative estimate of drug-likeness (QED) is 0.320. The Balaban J connectivity index is 2.60. The zero-order chi connectivity index (χ0) is 9.84. The molecule has 0 radical (unpaired) electrons. The van der Waals surface area contributed by atoms with Crippen LogP contribution in [0.3, 0.4) is 0 Å². The summed E-state index contributed by atoms with van der Waals surface area (Å²) in [5.74, 6) is 0.380. The van der Waals surface area contributed by atoms with Gasteiger partial charge in [0.05, 0.1) is 5.71 Å². The van der Waals surface area contributed by atoms with E-state index < -0.39 is 0 Å². The highest BCUT2D eigenvalue weighted by atomic mass is 35.5. The summed E-state index contributed by atoms with van der Waals surface area (Å²) in [4.78, 5) is 0. The third-order valence-electron chi connectivity index (χ3n) is 1.87. The van der Waals surface area contributed by atoms with Crippen LogP contribution in [0.15, 0.2) is 41.1 Å². The van der Waals surface area contributed by atoms with Gasteiger partial charge < -0.3 is 5.21 Å². The van der Waals surface area contributed by atoms with Crippen LogP contribution in [0, 0.1) is 5.92 Å². The summed E-state index contributed by atoms with van der Waals surface area (Å²) in [6.45, 7) is 7.29. The first kappa shape index (κ1) is 10.1. The van der Waals surface area contributed by atoms with Crippen LogP contribution in [0.5, 0.6) is 0 Å². The average molecular weight is 198 g/mol. The van der Waals surface area contributed by atoms with E-state index >= 15 is 0 Å². The third kappa shape index (κ3) is 3.07. The van der Waals surface area contributed by atoms with Crippen molar-refractivity contribution >= 4 is 17.3 Å². The van der Waals surface area contributed by atoms with Gasteiger partial charge in [-0.15, -0.1) is 0 Å². The van der Waals surface area contributed by atoms with Crippen LogP contribution in [0.4, 0.5) is 0 Å². The van der Waals surface area contributed by atoms with Crippen LogP contribution < -0.4 is 0 Å². The molecule has 0 bridgehead atoms. The first-order valence-electron chi connectivity index (χ1n) is 4.09. The summed E-state index contributed by atoms with van der Waals surface area (Å²) in [6, 6.07) is 0. The fourth-order valence-corrected chi connectivity index (χ4v) is 1.10. The minimum absolute atomic E-state index is 0.380. The van der Waals surface area contributed by atoms with Gasteiger partial charge in [-0.3, -0.25) is 0 Å². The lowest BCUT2D eigenvalue weighted by Gasteiger charge is -2.00. The third-order valence-corrected chi connectivity index (χ3v) is 1.99. The van der Waals surface area contributed by atoms with E-state index in [9.17, 15) is 0 Å². The van der Waals surface area contributed by atoms with Crippen molar-refractivity contribution in [3.8, 4) is 0 Å². The molecule has 0 aromatic rings. The summed E-state index contributed by atoms with van der Waals surface area (Å²) >= 11 is 5.54. The lowest BCUT2D eigenvalue weighted by Crippen LogP contribution is -2.02. The molecule has 0 spiro atoms. The molecule has 1 aliphatic carbocycles. The molecule has 0 aromatic carbocycles. The van der Waals surface area contributed by atoms with Gasteiger partial charge in [0.2, 0.25) is 0 Å². The smallest absolute Gasteiger partial charge is 0.0892 e. The first-order chi connectivity index (χ1) is 6.15. The molecule has 1 N–H and O–H groups in total. The summed E-state index contributed by atoms with van der Waals surface area (Å²) in [7, 11) is 0. The Morgan fingerprint density at radius 3 is 2.38 bits per heavy atom. The number of oxime groups is 1. The van der Waals surface area contributed by atoms with Gasteiger partial charge in [0.1, 0.15) is 0 Å². The number of allylic oxidation sites excluding steroid dienone is 4. The Kier molecular flexibility index (Phi) is 3.32. The predicted octanol–water partition coefficient (Wildman–Crippen LogP) is 3.09. The molecule has 0 heterocycles. The lowest BCUT2D eigenvalue weighted by atomic mass is 10.1. The van der Waals surface area contributed by atoms with E-state index in [1.807, 2.05) is 0 Å². The normalized spacial score (nSPS) is 17.8. The largest absolute Gasteiger partial charge is 0.411 e. The van der Waals surface area contributed by atoms with Crippen LogP contribution in [0.25, 0.3) is 0 Å². The maximum atomic E-state index is 8.71. The fraction of sp³-hybridized carbons (Fsp3) is 0.300. The molecule has 3 heteroatoms. The molecule has 70 valence electrons. The monoisotopic (exact) mass is 197 g/mol. The zero-order valence-electron chi connectivity index (χ0n) is 7.33. The molecule has 1 fully saturated rings. The first-order valence-corrected chi connectivity index (χ1v) is 4.46. The minimum atomic E-state index is 0.380.